The molecule has 2 saturated heterocycles. The molecule has 0 amide bonds. The van der Waals surface area contributed by atoms with Crippen LogP contribution in [0.1, 0.15) is 0 Å². The fraction of sp³-hybridized carbons (Fsp3) is 0.412. The molecule has 2 fully saturated rings. The summed E-state index contributed by atoms with van der Waals surface area (Å²) in [7, 11) is 2.04. The first-order valence-electron chi connectivity index (χ1n) is 8.26. The minimum atomic E-state index is -0.884. The summed E-state index contributed by atoms with van der Waals surface area (Å²) >= 11 is 6.28. The Morgan fingerprint density at radius 1 is 1.27 bits per heavy atom. The molecule has 2 unspecified atom stereocenters. The second kappa shape index (κ2) is 6.61. The van der Waals surface area contributed by atoms with E-state index in [-0.39, 0.29) is 22.9 Å². The van der Waals surface area contributed by atoms with Crippen molar-refractivity contribution in [2.45, 2.75) is 12.1 Å². The van der Waals surface area contributed by atoms with Crippen LogP contribution in [0.25, 0.3) is 5.69 Å². The van der Waals surface area contributed by atoms with Gasteiger partial charge in [-0.1, -0.05) is 11.6 Å². The van der Waals surface area contributed by atoms with Crippen LogP contribution in [0, 0.1) is 11.6 Å². The van der Waals surface area contributed by atoms with Crippen molar-refractivity contribution in [1.29, 1.82) is 0 Å². The maximum Gasteiger partial charge on any atom is 0.292 e. The van der Waals surface area contributed by atoms with E-state index in [1.54, 1.807) is 0 Å². The standard InChI is InChI=1S/C17H17ClF2N4O2/c1-22-4-5-26-15-9-23(8-14(15)22)13-7-21-24(17(25)16(13)18)12-3-2-10(19)6-11(12)20/h2-3,6-7,14-15H,4-5,8-9H2,1H3. The molecule has 2 atom stereocenters. The third kappa shape index (κ3) is 2.87. The van der Waals surface area contributed by atoms with Crippen molar-refractivity contribution < 1.29 is 13.5 Å². The van der Waals surface area contributed by atoms with Gasteiger partial charge in [-0.05, 0) is 19.2 Å². The molecule has 9 heteroatoms. The second-order valence-electron chi connectivity index (χ2n) is 6.52. The van der Waals surface area contributed by atoms with Crippen molar-refractivity contribution in [2.24, 2.45) is 0 Å². The minimum Gasteiger partial charge on any atom is -0.373 e. The monoisotopic (exact) mass is 382 g/mol. The molecule has 6 nitrogen and oxygen atoms in total. The molecule has 1 aromatic carbocycles. The van der Waals surface area contributed by atoms with Crippen LogP contribution in [0.15, 0.2) is 29.2 Å². The lowest BCUT2D eigenvalue weighted by Gasteiger charge is -2.33. The van der Waals surface area contributed by atoms with E-state index in [1.807, 2.05) is 11.9 Å². The first kappa shape index (κ1) is 17.4. The van der Waals surface area contributed by atoms with Gasteiger partial charge in [-0.3, -0.25) is 9.69 Å². The zero-order chi connectivity index (χ0) is 18.4. The van der Waals surface area contributed by atoms with Crippen LogP contribution in [0.4, 0.5) is 14.5 Å². The molecule has 2 aliphatic rings. The van der Waals surface area contributed by atoms with E-state index in [0.717, 1.165) is 23.4 Å². The smallest absolute Gasteiger partial charge is 0.292 e. The highest BCUT2D eigenvalue weighted by Crippen LogP contribution is 2.29. The first-order valence-corrected chi connectivity index (χ1v) is 8.63. The number of hydrogen-bond acceptors (Lipinski definition) is 5. The number of halogens is 3. The number of hydrogen-bond donors (Lipinski definition) is 0. The van der Waals surface area contributed by atoms with Crippen molar-refractivity contribution in [3.8, 4) is 5.69 Å². The molecular weight excluding hydrogens is 366 g/mol. The largest absolute Gasteiger partial charge is 0.373 e. The van der Waals surface area contributed by atoms with Crippen LogP contribution in [0.3, 0.4) is 0 Å². The number of nitrogens with zero attached hydrogens (tertiary/aromatic N) is 4. The molecule has 0 aliphatic carbocycles. The lowest BCUT2D eigenvalue weighted by Crippen LogP contribution is -2.48. The highest BCUT2D eigenvalue weighted by Gasteiger charge is 2.39. The first-order chi connectivity index (χ1) is 12.5. The van der Waals surface area contributed by atoms with Gasteiger partial charge in [-0.25, -0.2) is 8.78 Å². The number of morpholine rings is 1. The van der Waals surface area contributed by atoms with Gasteiger partial charge in [0.25, 0.3) is 5.56 Å². The molecule has 4 rings (SSSR count). The van der Waals surface area contributed by atoms with Crippen molar-refractivity contribution in [3.05, 3.63) is 51.4 Å². The highest BCUT2D eigenvalue weighted by atomic mass is 35.5. The van der Waals surface area contributed by atoms with E-state index in [9.17, 15) is 13.6 Å². The summed E-state index contributed by atoms with van der Waals surface area (Å²) in [6, 6.07) is 3.13. The molecule has 0 saturated carbocycles. The van der Waals surface area contributed by atoms with E-state index in [0.29, 0.717) is 31.5 Å². The minimum absolute atomic E-state index is 0.0433. The average molecular weight is 383 g/mol. The molecule has 0 radical (unpaired) electrons. The molecule has 138 valence electrons. The third-order valence-electron chi connectivity index (χ3n) is 4.96. The van der Waals surface area contributed by atoms with Crippen LogP contribution < -0.4 is 10.5 Å². The molecule has 1 aromatic heterocycles. The zero-order valence-electron chi connectivity index (χ0n) is 14.0. The number of likely N-dealkylation sites (N-methyl/N-ethyl adjacent to an activating group) is 1. The summed E-state index contributed by atoms with van der Waals surface area (Å²) < 4.78 is 33.7. The summed E-state index contributed by atoms with van der Waals surface area (Å²) in [6.45, 7) is 2.79. The zero-order valence-corrected chi connectivity index (χ0v) is 14.8. The van der Waals surface area contributed by atoms with Gasteiger partial charge in [0.05, 0.1) is 30.6 Å². The summed E-state index contributed by atoms with van der Waals surface area (Å²) in [5, 5.41) is 3.99. The quantitative estimate of drug-likeness (QED) is 0.791. The maximum atomic E-state index is 14.0. The van der Waals surface area contributed by atoms with Crippen molar-refractivity contribution in [2.75, 3.05) is 38.2 Å². The van der Waals surface area contributed by atoms with Gasteiger partial charge in [-0.15, -0.1) is 0 Å². The Labute approximate surface area is 153 Å². The van der Waals surface area contributed by atoms with Gasteiger partial charge in [0.15, 0.2) is 5.82 Å². The molecule has 2 aliphatic heterocycles. The van der Waals surface area contributed by atoms with Crippen molar-refractivity contribution >= 4 is 17.3 Å². The lowest BCUT2D eigenvalue weighted by atomic mass is 10.1. The summed E-state index contributed by atoms with van der Waals surface area (Å²) in [4.78, 5) is 16.8. The fourth-order valence-corrected chi connectivity index (χ4v) is 3.77. The third-order valence-corrected chi connectivity index (χ3v) is 5.31. The molecular formula is C17H17ClF2N4O2. The highest BCUT2D eigenvalue weighted by molar-refractivity contribution is 6.33. The summed E-state index contributed by atoms with van der Waals surface area (Å²) in [5.41, 5.74) is -0.316. The molecule has 26 heavy (non-hydrogen) atoms. The lowest BCUT2D eigenvalue weighted by molar-refractivity contribution is -0.0362. The second-order valence-corrected chi connectivity index (χ2v) is 6.90. The summed E-state index contributed by atoms with van der Waals surface area (Å²) in [6.07, 6.45) is 1.48. The number of anilines is 1. The Morgan fingerprint density at radius 3 is 2.81 bits per heavy atom. The SMILES string of the molecule is CN1CCOC2CN(c3cnn(-c4ccc(F)cc4F)c(=O)c3Cl)CC21. The predicted octanol–water partition coefficient (Wildman–Crippen LogP) is 1.68. The molecule has 0 N–H and O–H groups in total. The molecule has 3 heterocycles. The Hall–Kier alpha value is -2.03. The average Bonchev–Trinajstić information content (AvgIpc) is 3.03. The van der Waals surface area contributed by atoms with Crippen molar-refractivity contribution in [1.82, 2.24) is 14.7 Å². The normalized spacial score (nSPS) is 23.3. The Morgan fingerprint density at radius 2 is 2.08 bits per heavy atom. The Balaban J connectivity index is 1.68. The number of aromatic nitrogens is 2. The number of ether oxygens (including phenoxy) is 1. The Bertz CT molecular complexity index is 907. The van der Waals surface area contributed by atoms with E-state index in [1.165, 1.54) is 6.20 Å². The van der Waals surface area contributed by atoms with Gasteiger partial charge in [0.1, 0.15) is 16.5 Å². The van der Waals surface area contributed by atoms with E-state index in [2.05, 4.69) is 10.00 Å². The number of benzene rings is 1. The van der Waals surface area contributed by atoms with E-state index >= 15 is 0 Å². The summed E-state index contributed by atoms with van der Waals surface area (Å²) in [5.74, 6) is -1.61. The fourth-order valence-electron chi connectivity index (χ4n) is 3.52. The van der Waals surface area contributed by atoms with Gasteiger partial charge >= 0.3 is 0 Å². The van der Waals surface area contributed by atoms with Crippen molar-refractivity contribution in [3.63, 3.8) is 0 Å². The Kier molecular flexibility index (Phi) is 4.42. The van der Waals surface area contributed by atoms with Crippen LogP contribution >= 0.6 is 11.6 Å². The molecule has 0 bridgehead atoms. The van der Waals surface area contributed by atoms with E-state index < -0.39 is 17.2 Å². The number of fused-ring (bicyclic) bond motifs is 1. The number of rotatable bonds is 2. The van der Waals surface area contributed by atoms with Gasteiger partial charge in [0, 0.05) is 25.7 Å². The van der Waals surface area contributed by atoms with Gasteiger partial charge in [-0.2, -0.15) is 9.78 Å². The van der Waals surface area contributed by atoms with Crippen LogP contribution in [-0.4, -0.2) is 60.1 Å². The maximum absolute atomic E-state index is 14.0. The molecule has 0 spiro atoms. The van der Waals surface area contributed by atoms with Crippen LogP contribution in [0.5, 0.6) is 0 Å². The van der Waals surface area contributed by atoms with Gasteiger partial charge in [0.2, 0.25) is 0 Å². The van der Waals surface area contributed by atoms with Crippen LogP contribution in [-0.2, 0) is 4.74 Å². The van der Waals surface area contributed by atoms with Gasteiger partial charge < -0.3 is 9.64 Å². The van der Waals surface area contributed by atoms with E-state index in [4.69, 9.17) is 16.3 Å². The molecule has 2 aromatic rings. The van der Waals surface area contributed by atoms with Crippen LogP contribution in [0.2, 0.25) is 5.02 Å². The predicted molar refractivity (Wildman–Crippen MR) is 93.1 cm³/mol. The topological polar surface area (TPSA) is 50.6 Å².